The van der Waals surface area contributed by atoms with Crippen molar-refractivity contribution in [2.45, 2.75) is 6.29 Å². The molecule has 6 heteroatoms. The van der Waals surface area contributed by atoms with E-state index in [1.807, 2.05) is 11.9 Å². The van der Waals surface area contributed by atoms with Crippen molar-refractivity contribution in [3.05, 3.63) is 0 Å². The average Bonchev–Trinajstić information content (AvgIpc) is 2.59. The molecule has 2 rings (SSSR count). The molecule has 0 aromatic carbocycles. The predicted molar refractivity (Wildman–Crippen MR) is 44.8 cm³/mol. The average molecular weight is 178 g/mol. The second-order valence-electron chi connectivity index (χ2n) is 2.11. The summed E-state index contributed by atoms with van der Waals surface area (Å²) in [7, 11) is 0. The molecule has 0 aromatic heterocycles. The summed E-state index contributed by atoms with van der Waals surface area (Å²) in [6.45, 7) is 0.968. The summed E-state index contributed by atoms with van der Waals surface area (Å²) in [5, 5.41) is 6.56. The van der Waals surface area contributed by atoms with E-state index in [4.69, 9.17) is 0 Å². The SMILES string of the molecule is C1NC(N2CNCS2)NS1. The van der Waals surface area contributed by atoms with E-state index in [-0.39, 0.29) is 0 Å². The Kier molecular flexibility index (Phi) is 2.37. The molecule has 1 unspecified atom stereocenters. The zero-order valence-corrected chi connectivity index (χ0v) is 7.10. The standard InChI is InChI=1S/C4H10N4S2/c1-5-2-10-8(1)4-6-3-9-7-4/h4-7H,1-3H2. The number of nitrogens with one attached hydrogen (secondary N) is 3. The Hall–Kier alpha value is 0.540. The van der Waals surface area contributed by atoms with Gasteiger partial charge in [0.15, 0.2) is 0 Å². The largest absolute Gasteiger partial charge is 0.293 e. The van der Waals surface area contributed by atoms with Gasteiger partial charge in [-0.15, -0.1) is 0 Å². The van der Waals surface area contributed by atoms with Crippen molar-refractivity contribution in [3.8, 4) is 0 Å². The van der Waals surface area contributed by atoms with Gasteiger partial charge < -0.3 is 0 Å². The van der Waals surface area contributed by atoms with Crippen LogP contribution >= 0.6 is 23.9 Å². The summed E-state index contributed by atoms with van der Waals surface area (Å²) < 4.78 is 5.53. The van der Waals surface area contributed by atoms with Gasteiger partial charge in [-0.3, -0.25) is 10.6 Å². The molecule has 2 aliphatic heterocycles. The molecule has 2 heterocycles. The van der Waals surface area contributed by atoms with Crippen molar-refractivity contribution in [3.63, 3.8) is 0 Å². The fourth-order valence-corrected chi connectivity index (χ4v) is 2.51. The van der Waals surface area contributed by atoms with E-state index in [0.717, 1.165) is 18.4 Å². The maximum Gasteiger partial charge on any atom is 0.134 e. The van der Waals surface area contributed by atoms with E-state index < -0.39 is 0 Å². The second-order valence-corrected chi connectivity index (χ2v) is 3.94. The Bertz CT molecular complexity index is 95.8. The Labute approximate surface area is 68.7 Å². The highest BCUT2D eigenvalue weighted by Crippen LogP contribution is 2.18. The minimum absolute atomic E-state index is 0.352. The smallest absolute Gasteiger partial charge is 0.134 e. The number of nitrogens with zero attached hydrogens (tertiary/aromatic N) is 1. The van der Waals surface area contributed by atoms with E-state index in [1.54, 1.807) is 11.9 Å². The summed E-state index contributed by atoms with van der Waals surface area (Å²) in [6.07, 6.45) is 0.352. The van der Waals surface area contributed by atoms with E-state index in [2.05, 4.69) is 19.7 Å². The lowest BCUT2D eigenvalue weighted by molar-refractivity contribution is 0.315. The van der Waals surface area contributed by atoms with Crippen molar-refractivity contribution in [1.29, 1.82) is 0 Å². The third kappa shape index (κ3) is 1.41. The lowest BCUT2D eigenvalue weighted by Gasteiger charge is -2.19. The van der Waals surface area contributed by atoms with Crippen LogP contribution in [0.4, 0.5) is 0 Å². The predicted octanol–water partition coefficient (Wildman–Crippen LogP) is -0.463. The van der Waals surface area contributed by atoms with Crippen LogP contribution < -0.4 is 15.4 Å². The fraction of sp³-hybridized carbons (Fsp3) is 1.00. The van der Waals surface area contributed by atoms with Gasteiger partial charge in [-0.25, -0.2) is 9.03 Å². The first kappa shape index (κ1) is 7.20. The molecular formula is C4H10N4S2. The van der Waals surface area contributed by atoms with Crippen molar-refractivity contribution in [1.82, 2.24) is 19.7 Å². The lowest BCUT2D eigenvalue weighted by Crippen LogP contribution is -2.43. The Morgan fingerprint density at radius 2 is 2.40 bits per heavy atom. The summed E-state index contributed by atoms with van der Waals surface area (Å²) in [5.74, 6) is 2.03. The minimum Gasteiger partial charge on any atom is -0.293 e. The van der Waals surface area contributed by atoms with Crippen LogP contribution in [-0.2, 0) is 0 Å². The zero-order valence-electron chi connectivity index (χ0n) is 5.46. The van der Waals surface area contributed by atoms with Crippen molar-refractivity contribution >= 4 is 23.9 Å². The molecule has 0 saturated carbocycles. The molecule has 2 aliphatic rings. The normalized spacial score (nSPS) is 35.4. The molecule has 0 spiro atoms. The molecular weight excluding hydrogens is 168 g/mol. The molecule has 2 saturated heterocycles. The molecule has 0 radical (unpaired) electrons. The summed E-state index contributed by atoms with van der Waals surface area (Å²) >= 11 is 3.55. The minimum atomic E-state index is 0.352. The first-order valence-electron chi connectivity index (χ1n) is 3.18. The van der Waals surface area contributed by atoms with E-state index in [0.29, 0.717) is 6.29 Å². The van der Waals surface area contributed by atoms with Crippen molar-refractivity contribution in [2.24, 2.45) is 0 Å². The summed E-state index contributed by atoms with van der Waals surface area (Å²) in [6, 6.07) is 0. The van der Waals surface area contributed by atoms with E-state index in [1.165, 1.54) is 0 Å². The Balaban J connectivity index is 1.85. The van der Waals surface area contributed by atoms with Crippen LogP contribution in [0.3, 0.4) is 0 Å². The first-order chi connectivity index (χ1) is 4.97. The third-order valence-electron chi connectivity index (χ3n) is 1.43. The lowest BCUT2D eigenvalue weighted by atomic mass is 10.8. The zero-order chi connectivity index (χ0) is 6.81. The highest BCUT2D eigenvalue weighted by atomic mass is 32.2. The van der Waals surface area contributed by atoms with Gasteiger partial charge >= 0.3 is 0 Å². The van der Waals surface area contributed by atoms with Gasteiger partial charge in [0.2, 0.25) is 0 Å². The van der Waals surface area contributed by atoms with Gasteiger partial charge in [0.1, 0.15) is 6.29 Å². The fourth-order valence-electron chi connectivity index (χ4n) is 0.939. The van der Waals surface area contributed by atoms with Crippen LogP contribution in [0.1, 0.15) is 0 Å². The van der Waals surface area contributed by atoms with Gasteiger partial charge in [-0.1, -0.05) is 23.9 Å². The van der Waals surface area contributed by atoms with Gasteiger partial charge in [0.05, 0.1) is 18.4 Å². The molecule has 4 nitrogen and oxygen atoms in total. The summed E-state index contributed by atoms with van der Waals surface area (Å²) in [4.78, 5) is 0. The molecule has 0 aromatic rings. The van der Waals surface area contributed by atoms with Crippen LogP contribution in [0.2, 0.25) is 0 Å². The molecule has 0 aliphatic carbocycles. The van der Waals surface area contributed by atoms with Crippen molar-refractivity contribution in [2.75, 3.05) is 18.4 Å². The van der Waals surface area contributed by atoms with Crippen LogP contribution in [0, 0.1) is 0 Å². The molecule has 0 bridgehead atoms. The van der Waals surface area contributed by atoms with Gasteiger partial charge in [-0.05, 0) is 0 Å². The Morgan fingerprint density at radius 3 is 3.00 bits per heavy atom. The molecule has 1 atom stereocenters. The highest BCUT2D eigenvalue weighted by Gasteiger charge is 2.24. The van der Waals surface area contributed by atoms with Crippen molar-refractivity contribution < 1.29 is 0 Å². The first-order valence-corrected chi connectivity index (χ1v) is 5.10. The van der Waals surface area contributed by atoms with E-state index >= 15 is 0 Å². The third-order valence-corrected chi connectivity index (χ3v) is 3.14. The topological polar surface area (TPSA) is 39.3 Å². The van der Waals surface area contributed by atoms with Gasteiger partial charge in [-0.2, -0.15) is 0 Å². The van der Waals surface area contributed by atoms with Gasteiger partial charge in [0.25, 0.3) is 0 Å². The maximum absolute atomic E-state index is 3.32. The quantitative estimate of drug-likeness (QED) is 0.472. The van der Waals surface area contributed by atoms with E-state index in [9.17, 15) is 0 Å². The van der Waals surface area contributed by atoms with Crippen LogP contribution in [0.5, 0.6) is 0 Å². The molecule has 58 valence electrons. The summed E-state index contributed by atoms with van der Waals surface area (Å²) in [5.41, 5.74) is 0. The molecule has 3 N–H and O–H groups in total. The van der Waals surface area contributed by atoms with Crippen LogP contribution in [-0.4, -0.2) is 29.0 Å². The molecule has 0 amide bonds. The monoisotopic (exact) mass is 178 g/mol. The highest BCUT2D eigenvalue weighted by molar-refractivity contribution is 7.98. The number of hydrogen-bond acceptors (Lipinski definition) is 6. The van der Waals surface area contributed by atoms with Gasteiger partial charge in [0, 0.05) is 0 Å². The Morgan fingerprint density at radius 1 is 1.40 bits per heavy atom. The molecule has 10 heavy (non-hydrogen) atoms. The number of hydrogen-bond donors (Lipinski definition) is 3. The second kappa shape index (κ2) is 3.29. The molecule has 2 fully saturated rings. The van der Waals surface area contributed by atoms with Crippen LogP contribution in [0.15, 0.2) is 0 Å². The van der Waals surface area contributed by atoms with Crippen LogP contribution in [0.25, 0.3) is 0 Å². The maximum atomic E-state index is 3.32. The number of rotatable bonds is 1.